The summed E-state index contributed by atoms with van der Waals surface area (Å²) in [5.74, 6) is 7.02. The van der Waals surface area contributed by atoms with Crippen molar-refractivity contribution >= 4 is 34.6 Å². The van der Waals surface area contributed by atoms with Crippen LogP contribution in [-0.4, -0.2) is 132 Å². The van der Waals surface area contributed by atoms with Gasteiger partial charge in [0.05, 0.1) is 84.7 Å². The Labute approximate surface area is 369 Å². The van der Waals surface area contributed by atoms with Crippen LogP contribution in [0.4, 0.5) is 10.5 Å². The van der Waals surface area contributed by atoms with Gasteiger partial charge in [-0.1, -0.05) is 6.07 Å². The molecule has 15 nitrogen and oxygen atoms in total. The van der Waals surface area contributed by atoms with E-state index < -0.39 is 12.1 Å². The van der Waals surface area contributed by atoms with E-state index in [9.17, 15) is 19.5 Å². The second-order valence-electron chi connectivity index (χ2n) is 15.9. The molecule has 1 aliphatic heterocycles. The summed E-state index contributed by atoms with van der Waals surface area (Å²) in [7, 11) is 7.73. The quantitative estimate of drug-likeness (QED) is 0.0454. The summed E-state index contributed by atoms with van der Waals surface area (Å²) in [5.41, 5.74) is 3.42. The maximum atomic E-state index is 13.3. The first kappa shape index (κ1) is 47.0. The van der Waals surface area contributed by atoms with E-state index in [-0.39, 0.29) is 24.6 Å². The molecule has 3 aliphatic carbocycles. The molecular formula is C48H60N4O11. The highest BCUT2D eigenvalue weighted by Gasteiger charge is 2.49. The Hall–Kier alpha value is -5.50. The summed E-state index contributed by atoms with van der Waals surface area (Å²) in [6.45, 7) is 4.90. The molecule has 2 aromatic rings. The van der Waals surface area contributed by atoms with Crippen LogP contribution in [-0.2, 0) is 28.4 Å². The number of amides is 2. The molecule has 1 saturated carbocycles. The summed E-state index contributed by atoms with van der Waals surface area (Å²) in [6.07, 6.45) is 3.71. The van der Waals surface area contributed by atoms with Crippen molar-refractivity contribution in [2.75, 3.05) is 119 Å². The number of rotatable bonds is 24. The van der Waals surface area contributed by atoms with Crippen molar-refractivity contribution in [1.29, 1.82) is 0 Å². The van der Waals surface area contributed by atoms with Crippen molar-refractivity contribution in [3.05, 3.63) is 71.1 Å². The molecule has 0 spiro atoms. The minimum absolute atomic E-state index is 0.0399. The second-order valence-corrected chi connectivity index (χ2v) is 15.9. The number of nitrogens with zero attached hydrogens (tertiary/aromatic N) is 2. The molecule has 2 aromatic carbocycles. The lowest BCUT2D eigenvalue weighted by Gasteiger charge is -2.20. The van der Waals surface area contributed by atoms with E-state index in [1.54, 1.807) is 6.07 Å². The zero-order valence-electron chi connectivity index (χ0n) is 36.8. The molecule has 2 N–H and O–H groups in total. The molecule has 6 rings (SSSR count). The number of hydrogen-bond acceptors (Lipinski definition) is 12. The fourth-order valence-corrected chi connectivity index (χ4v) is 7.84. The Morgan fingerprint density at radius 3 is 1.94 bits per heavy atom. The van der Waals surface area contributed by atoms with Crippen LogP contribution in [0.15, 0.2) is 59.0 Å². The van der Waals surface area contributed by atoms with Gasteiger partial charge in [-0.25, -0.2) is 9.37 Å². The molecule has 1 fully saturated rings. The molecule has 338 valence electrons. The largest absolute Gasteiger partial charge is 0.545 e. The van der Waals surface area contributed by atoms with Crippen LogP contribution in [0.25, 0.3) is 33.4 Å². The molecule has 1 heterocycles. The number of hydrogen-bond donors (Lipinski definition) is 2. The minimum Gasteiger partial charge on any atom is -0.545 e. The van der Waals surface area contributed by atoms with Gasteiger partial charge in [0.15, 0.2) is 0 Å². The van der Waals surface area contributed by atoms with Gasteiger partial charge >= 0.3 is 6.09 Å². The van der Waals surface area contributed by atoms with Crippen LogP contribution in [0, 0.1) is 29.6 Å². The molecule has 2 amide bonds. The van der Waals surface area contributed by atoms with Gasteiger partial charge in [-0.05, 0) is 66.5 Å². The van der Waals surface area contributed by atoms with Crippen LogP contribution in [0.2, 0.25) is 0 Å². The lowest BCUT2D eigenvalue weighted by molar-refractivity contribution is -0.254. The van der Waals surface area contributed by atoms with Gasteiger partial charge in [0, 0.05) is 85.5 Å². The number of benzene rings is 3. The topological polar surface area (TPSA) is 173 Å². The van der Waals surface area contributed by atoms with Crippen molar-refractivity contribution < 1.29 is 52.3 Å². The Bertz CT molecular complexity index is 2260. The summed E-state index contributed by atoms with van der Waals surface area (Å²) in [6, 6.07) is 16.0. The van der Waals surface area contributed by atoms with E-state index in [0.29, 0.717) is 129 Å². The van der Waals surface area contributed by atoms with E-state index in [4.69, 9.17) is 32.8 Å². The predicted octanol–water partition coefficient (Wildman–Crippen LogP) is 3.64. The molecule has 0 aromatic heterocycles. The SMILES string of the molecule is CN(C)c1ccc2c(-c3cc(C(=O)NCCOCCOCCOCCOCCOCCNC(=O)OCC4C5CCC#CCCC54)ccc3C(=O)[O-])c3ccc(=[N+](C)C)cc-3oc2c1. The standard InChI is InChI=1S/C48H60N4O11/c1-51(2)34-12-15-39-43(30-34)63-44-31-35(52(3)4)13-16-40(44)45(39)41-29-33(11-14-38(41)47(54)55)46(53)49-17-19-57-21-23-59-25-27-61-28-26-60-24-22-58-20-18-50-48(56)62-32-42-36-9-7-5-6-8-10-37(36)42/h11-16,29-31,36-37,42H,7-10,17-28,32H2,1-4H3,(H2-,49,50,53,54,55,56). The Kier molecular flexibility index (Phi) is 17.8. The van der Waals surface area contributed by atoms with E-state index in [0.717, 1.165) is 36.7 Å². The lowest BCUT2D eigenvalue weighted by atomic mass is 9.89. The second kappa shape index (κ2) is 23.8. The average Bonchev–Trinajstić information content (AvgIpc) is 3.92. The fraction of sp³-hybridized carbons (Fsp3) is 0.500. The van der Waals surface area contributed by atoms with E-state index in [1.165, 1.54) is 12.1 Å². The zero-order chi connectivity index (χ0) is 44.6. The first-order valence-corrected chi connectivity index (χ1v) is 21.7. The van der Waals surface area contributed by atoms with Crippen LogP contribution >= 0.6 is 0 Å². The van der Waals surface area contributed by atoms with Gasteiger partial charge in [0.25, 0.3) is 5.91 Å². The first-order valence-electron chi connectivity index (χ1n) is 21.7. The van der Waals surface area contributed by atoms with Crippen molar-refractivity contribution in [3.63, 3.8) is 0 Å². The number of carboxylic acids is 1. The van der Waals surface area contributed by atoms with Crippen LogP contribution < -0.4 is 30.6 Å². The molecule has 0 radical (unpaired) electrons. The summed E-state index contributed by atoms with van der Waals surface area (Å²) < 4.78 is 41.5. The zero-order valence-corrected chi connectivity index (χ0v) is 36.8. The smallest absolute Gasteiger partial charge is 0.407 e. The Balaban J connectivity index is 0.824. The lowest BCUT2D eigenvalue weighted by Crippen LogP contribution is -2.29. The molecule has 0 saturated heterocycles. The monoisotopic (exact) mass is 868 g/mol. The highest BCUT2D eigenvalue weighted by molar-refractivity contribution is 6.09. The maximum Gasteiger partial charge on any atom is 0.407 e. The van der Waals surface area contributed by atoms with E-state index in [2.05, 4.69) is 22.5 Å². The Morgan fingerprint density at radius 2 is 1.35 bits per heavy atom. The van der Waals surface area contributed by atoms with Crippen molar-refractivity contribution in [2.45, 2.75) is 25.7 Å². The van der Waals surface area contributed by atoms with Gasteiger partial charge in [-0.2, -0.15) is 0 Å². The highest BCUT2D eigenvalue weighted by atomic mass is 16.6. The summed E-state index contributed by atoms with van der Waals surface area (Å²) >= 11 is 0. The number of carbonyl (C=O) groups is 3. The molecule has 15 heteroatoms. The third-order valence-corrected chi connectivity index (χ3v) is 11.3. The number of fused-ring (bicyclic) bond motifs is 3. The molecule has 4 aliphatic rings. The van der Waals surface area contributed by atoms with Crippen LogP contribution in [0.5, 0.6) is 0 Å². The maximum absolute atomic E-state index is 13.3. The normalized spacial score (nSPS) is 16.6. The van der Waals surface area contributed by atoms with Crippen LogP contribution in [0.3, 0.4) is 0 Å². The highest BCUT2D eigenvalue weighted by Crippen LogP contribution is 2.52. The average molecular weight is 869 g/mol. The van der Waals surface area contributed by atoms with E-state index >= 15 is 0 Å². The third-order valence-electron chi connectivity index (χ3n) is 11.3. The fourth-order valence-electron chi connectivity index (χ4n) is 7.84. The summed E-state index contributed by atoms with van der Waals surface area (Å²) in [4.78, 5) is 39.7. The van der Waals surface area contributed by atoms with Crippen LogP contribution in [0.1, 0.15) is 46.4 Å². The van der Waals surface area contributed by atoms with Gasteiger partial charge in [0.2, 0.25) is 5.36 Å². The van der Waals surface area contributed by atoms with Crippen molar-refractivity contribution in [1.82, 2.24) is 15.2 Å². The van der Waals surface area contributed by atoms with E-state index in [1.807, 2.05) is 74.1 Å². The number of alkyl carbamates (subject to hydrolysis) is 1. The molecule has 63 heavy (non-hydrogen) atoms. The van der Waals surface area contributed by atoms with Crippen molar-refractivity contribution in [3.8, 4) is 34.3 Å². The minimum atomic E-state index is -1.35. The predicted molar refractivity (Wildman–Crippen MR) is 237 cm³/mol. The number of aromatic carboxylic acids is 1. The number of carbonyl (C=O) groups excluding carboxylic acids is 3. The molecule has 2 unspecified atom stereocenters. The van der Waals surface area contributed by atoms with Gasteiger partial charge in [-0.3, -0.25) is 4.79 Å². The summed E-state index contributed by atoms with van der Waals surface area (Å²) in [5, 5.41) is 19.7. The van der Waals surface area contributed by atoms with Gasteiger partial charge in [0.1, 0.15) is 25.4 Å². The molecule has 0 bridgehead atoms. The Morgan fingerprint density at radius 1 is 0.746 bits per heavy atom. The number of ether oxygens (including phenoxy) is 6. The van der Waals surface area contributed by atoms with Gasteiger partial charge < -0.3 is 58.3 Å². The molecular weight excluding hydrogens is 809 g/mol. The molecule has 2 atom stereocenters. The number of carboxylic acid groups (broad SMARTS) is 1. The van der Waals surface area contributed by atoms with Crippen molar-refractivity contribution in [2.24, 2.45) is 17.8 Å². The number of nitrogens with one attached hydrogen (secondary N) is 2. The van der Waals surface area contributed by atoms with Gasteiger partial charge in [-0.15, -0.1) is 11.8 Å². The number of anilines is 1. The third kappa shape index (κ3) is 13.5. The first-order chi connectivity index (χ1) is 30.6.